The van der Waals surface area contributed by atoms with Gasteiger partial charge in [-0.25, -0.2) is 0 Å². The van der Waals surface area contributed by atoms with Crippen molar-refractivity contribution in [1.29, 1.82) is 0 Å². The predicted molar refractivity (Wildman–Crippen MR) is 75.7 cm³/mol. The van der Waals surface area contributed by atoms with Gasteiger partial charge in [-0.15, -0.1) is 0 Å². The van der Waals surface area contributed by atoms with Crippen molar-refractivity contribution in [2.75, 3.05) is 13.7 Å². The minimum atomic E-state index is -1.56. The average Bonchev–Trinajstić information content (AvgIpc) is 2.78. The molecule has 0 spiro atoms. The number of carbonyl (C=O) groups is 4. The highest BCUT2D eigenvalue weighted by molar-refractivity contribution is 6.11. The molecule has 0 aromatic rings. The first-order chi connectivity index (χ1) is 10.4. The average molecular weight is 310 g/mol. The molecular weight excluding hydrogens is 288 g/mol. The summed E-state index contributed by atoms with van der Waals surface area (Å²) in [6, 6.07) is 0. The molecule has 4 atom stereocenters. The molecule has 4 unspecified atom stereocenters. The lowest BCUT2D eigenvalue weighted by molar-refractivity contribution is -0.164. The van der Waals surface area contributed by atoms with Crippen LogP contribution in [-0.2, 0) is 28.7 Å². The molecule has 0 saturated heterocycles. The Labute approximate surface area is 129 Å². The first kappa shape index (κ1) is 16.6. The molecule has 2 aliphatic rings. The number of ketones is 2. The fourth-order valence-corrected chi connectivity index (χ4v) is 3.88. The molecule has 2 aliphatic carbocycles. The molecule has 6 heteroatoms. The second kappa shape index (κ2) is 6.18. The zero-order chi connectivity index (χ0) is 16.5. The first-order valence-corrected chi connectivity index (χ1v) is 7.68. The van der Waals surface area contributed by atoms with Crippen molar-refractivity contribution in [2.45, 2.75) is 39.5 Å². The highest BCUT2D eigenvalue weighted by Gasteiger charge is 2.62. The number of Topliss-reactive ketones (excluding diaryl/α,β-unsaturated/α-hetero) is 2. The first-order valence-electron chi connectivity index (χ1n) is 7.68. The summed E-state index contributed by atoms with van der Waals surface area (Å²) in [4.78, 5) is 49.2. The van der Waals surface area contributed by atoms with E-state index in [1.807, 2.05) is 6.92 Å². The van der Waals surface area contributed by atoms with E-state index >= 15 is 0 Å². The van der Waals surface area contributed by atoms with Gasteiger partial charge in [-0.05, 0) is 25.7 Å². The van der Waals surface area contributed by atoms with Crippen LogP contribution >= 0.6 is 0 Å². The number of methoxy groups -OCH3 is 1. The fourth-order valence-electron chi connectivity index (χ4n) is 3.88. The third-order valence-corrected chi connectivity index (χ3v) is 4.98. The number of carbonyl (C=O) groups excluding carboxylic acids is 4. The Hall–Kier alpha value is -1.72. The van der Waals surface area contributed by atoms with Gasteiger partial charge in [-0.3, -0.25) is 19.2 Å². The number of fused-ring (bicyclic) bond motifs is 1. The molecule has 0 bridgehead atoms. The third kappa shape index (κ3) is 2.55. The van der Waals surface area contributed by atoms with Crippen molar-refractivity contribution in [2.24, 2.45) is 23.2 Å². The van der Waals surface area contributed by atoms with E-state index < -0.39 is 29.2 Å². The smallest absolute Gasteiger partial charge is 0.319 e. The molecule has 0 N–H and O–H groups in total. The van der Waals surface area contributed by atoms with Crippen LogP contribution in [0, 0.1) is 23.2 Å². The Bertz CT molecular complexity index is 511. The van der Waals surface area contributed by atoms with Crippen LogP contribution in [0.2, 0.25) is 0 Å². The number of hydrogen-bond donors (Lipinski definition) is 0. The Balaban J connectivity index is 2.37. The molecule has 22 heavy (non-hydrogen) atoms. The van der Waals surface area contributed by atoms with Crippen LogP contribution in [0.4, 0.5) is 0 Å². The Morgan fingerprint density at radius 2 is 2.00 bits per heavy atom. The lowest BCUT2D eigenvalue weighted by atomic mass is 9.73. The normalized spacial score (nSPS) is 34.2. The Morgan fingerprint density at radius 3 is 2.55 bits per heavy atom. The predicted octanol–water partition coefficient (Wildman–Crippen LogP) is 1.30. The summed E-state index contributed by atoms with van der Waals surface area (Å²) in [6.45, 7) is 3.75. The molecule has 0 aliphatic heterocycles. The van der Waals surface area contributed by atoms with Gasteiger partial charge in [0.25, 0.3) is 0 Å². The van der Waals surface area contributed by atoms with Crippen LogP contribution in [0.25, 0.3) is 0 Å². The van der Waals surface area contributed by atoms with Crippen LogP contribution in [0.15, 0.2) is 0 Å². The monoisotopic (exact) mass is 310 g/mol. The van der Waals surface area contributed by atoms with Gasteiger partial charge in [-0.1, -0.05) is 6.92 Å². The quantitative estimate of drug-likeness (QED) is 0.574. The second-order valence-electron chi connectivity index (χ2n) is 6.24. The van der Waals surface area contributed by atoms with Crippen molar-refractivity contribution >= 4 is 23.5 Å². The summed E-state index contributed by atoms with van der Waals surface area (Å²) in [5, 5.41) is 0. The maximum Gasteiger partial charge on any atom is 0.319 e. The van der Waals surface area contributed by atoms with Gasteiger partial charge in [0, 0.05) is 18.3 Å². The van der Waals surface area contributed by atoms with Crippen molar-refractivity contribution in [3.05, 3.63) is 0 Å². The highest BCUT2D eigenvalue weighted by Crippen LogP contribution is 2.52. The lowest BCUT2D eigenvalue weighted by Gasteiger charge is -2.28. The topological polar surface area (TPSA) is 86.7 Å². The second-order valence-corrected chi connectivity index (χ2v) is 6.24. The molecule has 0 aromatic carbocycles. The molecule has 0 amide bonds. The number of ether oxygens (including phenoxy) is 2. The summed E-state index contributed by atoms with van der Waals surface area (Å²) in [5.41, 5.74) is -1.56. The molecule has 2 rings (SSSR count). The van der Waals surface area contributed by atoms with Crippen molar-refractivity contribution < 1.29 is 28.7 Å². The maximum atomic E-state index is 12.9. The van der Waals surface area contributed by atoms with E-state index in [1.54, 1.807) is 6.92 Å². The summed E-state index contributed by atoms with van der Waals surface area (Å²) in [7, 11) is 1.19. The number of hydrogen-bond acceptors (Lipinski definition) is 6. The van der Waals surface area contributed by atoms with Crippen LogP contribution in [0.3, 0.4) is 0 Å². The Morgan fingerprint density at radius 1 is 1.32 bits per heavy atom. The van der Waals surface area contributed by atoms with E-state index in [1.165, 1.54) is 7.11 Å². The molecule has 122 valence electrons. The van der Waals surface area contributed by atoms with E-state index in [0.717, 1.165) is 0 Å². The SMILES string of the molecule is CCOC(=O)CC1(C(=O)OC)CC2C(=O)CCC(C)C2C1=O. The van der Waals surface area contributed by atoms with Crippen molar-refractivity contribution in [3.63, 3.8) is 0 Å². The molecule has 2 saturated carbocycles. The molecular formula is C16H22O6. The van der Waals surface area contributed by atoms with Crippen LogP contribution in [0.5, 0.6) is 0 Å². The largest absolute Gasteiger partial charge is 0.468 e. The van der Waals surface area contributed by atoms with E-state index in [9.17, 15) is 19.2 Å². The zero-order valence-electron chi connectivity index (χ0n) is 13.2. The van der Waals surface area contributed by atoms with Gasteiger partial charge in [-0.2, -0.15) is 0 Å². The van der Waals surface area contributed by atoms with Gasteiger partial charge in [0.15, 0.2) is 5.78 Å². The van der Waals surface area contributed by atoms with Gasteiger partial charge in [0.05, 0.1) is 20.1 Å². The van der Waals surface area contributed by atoms with Crippen LogP contribution < -0.4 is 0 Å². The van der Waals surface area contributed by atoms with Crippen LogP contribution in [-0.4, -0.2) is 37.2 Å². The fraction of sp³-hybridized carbons (Fsp3) is 0.750. The van der Waals surface area contributed by atoms with Crippen LogP contribution in [0.1, 0.15) is 39.5 Å². The summed E-state index contributed by atoms with van der Waals surface area (Å²) >= 11 is 0. The molecule has 6 nitrogen and oxygen atoms in total. The van der Waals surface area contributed by atoms with E-state index in [-0.39, 0.29) is 36.9 Å². The lowest BCUT2D eigenvalue weighted by Crippen LogP contribution is -2.41. The van der Waals surface area contributed by atoms with Crippen molar-refractivity contribution in [3.8, 4) is 0 Å². The maximum absolute atomic E-state index is 12.9. The molecule has 0 aromatic heterocycles. The number of esters is 2. The molecule has 2 fully saturated rings. The standard InChI is InChI=1S/C16H22O6/c1-4-22-12(18)8-16(15(20)21-3)7-10-11(17)6-5-9(2)13(10)14(16)19/h9-10,13H,4-8H2,1-3H3. The summed E-state index contributed by atoms with van der Waals surface area (Å²) < 4.78 is 9.68. The summed E-state index contributed by atoms with van der Waals surface area (Å²) in [6.07, 6.45) is 0.777. The third-order valence-electron chi connectivity index (χ3n) is 4.98. The molecule has 0 radical (unpaired) electrons. The van der Waals surface area contributed by atoms with Gasteiger partial charge >= 0.3 is 11.9 Å². The summed E-state index contributed by atoms with van der Waals surface area (Å²) in [5.74, 6) is -2.62. The van der Waals surface area contributed by atoms with E-state index in [4.69, 9.17) is 9.47 Å². The van der Waals surface area contributed by atoms with Gasteiger partial charge in [0.1, 0.15) is 11.2 Å². The van der Waals surface area contributed by atoms with E-state index in [0.29, 0.717) is 12.8 Å². The minimum Gasteiger partial charge on any atom is -0.468 e. The van der Waals surface area contributed by atoms with Crippen molar-refractivity contribution in [1.82, 2.24) is 0 Å². The minimum absolute atomic E-state index is 0.00564. The highest BCUT2D eigenvalue weighted by atomic mass is 16.5. The van der Waals surface area contributed by atoms with Gasteiger partial charge in [0.2, 0.25) is 0 Å². The zero-order valence-corrected chi connectivity index (χ0v) is 13.2. The molecule has 0 heterocycles. The Kier molecular flexibility index (Phi) is 4.68. The van der Waals surface area contributed by atoms with E-state index in [2.05, 4.69) is 0 Å². The van der Waals surface area contributed by atoms with Gasteiger partial charge < -0.3 is 9.47 Å². The number of rotatable bonds is 4.